The van der Waals surface area contributed by atoms with Crippen LogP contribution in [0.25, 0.3) is 0 Å². The average molecular weight is 419 g/mol. The first kappa shape index (κ1) is 19.4. The van der Waals surface area contributed by atoms with E-state index >= 15 is 0 Å². The van der Waals surface area contributed by atoms with Crippen molar-refractivity contribution in [1.29, 1.82) is 0 Å². The fourth-order valence-electron chi connectivity index (χ4n) is 4.30. The third-order valence-electron chi connectivity index (χ3n) is 5.54. The fraction of sp³-hybridized carbons (Fsp3) is 0.381. The predicted molar refractivity (Wildman–Crippen MR) is 112 cm³/mol. The molecule has 0 aromatic heterocycles. The van der Waals surface area contributed by atoms with Gasteiger partial charge < -0.3 is 4.90 Å². The van der Waals surface area contributed by atoms with Crippen molar-refractivity contribution in [2.75, 3.05) is 29.5 Å². The van der Waals surface area contributed by atoms with Crippen molar-refractivity contribution in [3.8, 4) is 0 Å². The number of carbonyl (C=O) groups is 1. The van der Waals surface area contributed by atoms with Crippen molar-refractivity contribution in [3.63, 3.8) is 0 Å². The number of benzene rings is 2. The molecule has 2 saturated heterocycles. The number of anilines is 1. The molecule has 0 saturated carbocycles. The number of sulfone groups is 1. The number of carbonyl (C=O) groups excluding carboxylic acids is 1. The quantitative estimate of drug-likeness (QED) is 0.749. The molecule has 2 aromatic rings. The second-order valence-electron chi connectivity index (χ2n) is 7.51. The number of aryl methyl sites for hydroxylation is 1. The number of fused-ring (bicyclic) bond motifs is 1. The van der Waals surface area contributed by atoms with Gasteiger partial charge in [-0.3, -0.25) is 9.69 Å². The summed E-state index contributed by atoms with van der Waals surface area (Å²) in [5.41, 5.74) is 1.93. The molecular weight excluding hydrogens is 396 g/mol. The lowest BCUT2D eigenvalue weighted by Gasteiger charge is -2.43. The Balaban J connectivity index is 1.53. The Morgan fingerprint density at radius 1 is 1.00 bits per heavy atom. The number of halogens is 1. The van der Waals surface area contributed by atoms with E-state index in [9.17, 15) is 13.2 Å². The van der Waals surface area contributed by atoms with Gasteiger partial charge in [-0.25, -0.2) is 8.42 Å². The number of nitrogens with zero attached hydrogens (tertiary/aromatic N) is 2. The van der Waals surface area contributed by atoms with Crippen LogP contribution in [0.3, 0.4) is 0 Å². The van der Waals surface area contributed by atoms with Gasteiger partial charge in [0, 0.05) is 16.8 Å². The zero-order chi connectivity index (χ0) is 19.7. The van der Waals surface area contributed by atoms with Gasteiger partial charge in [0.25, 0.3) is 0 Å². The Morgan fingerprint density at radius 3 is 2.50 bits per heavy atom. The van der Waals surface area contributed by atoms with Crippen LogP contribution in [0, 0.1) is 0 Å². The third-order valence-corrected chi connectivity index (χ3v) is 7.48. The molecule has 2 aliphatic heterocycles. The maximum absolute atomic E-state index is 12.9. The Hall–Kier alpha value is -1.89. The average Bonchev–Trinajstić information content (AvgIpc) is 2.97. The summed E-state index contributed by atoms with van der Waals surface area (Å²) in [5.74, 6) is 0.0404. The zero-order valence-electron chi connectivity index (χ0n) is 15.5. The van der Waals surface area contributed by atoms with Gasteiger partial charge in [0.1, 0.15) is 0 Å². The maximum atomic E-state index is 12.9. The van der Waals surface area contributed by atoms with Crippen molar-refractivity contribution in [2.24, 2.45) is 0 Å². The molecule has 4 rings (SSSR count). The lowest BCUT2D eigenvalue weighted by Crippen LogP contribution is -2.62. The molecule has 7 heteroatoms. The summed E-state index contributed by atoms with van der Waals surface area (Å²) >= 11 is 6.10. The minimum absolute atomic E-state index is 0.00506. The van der Waals surface area contributed by atoms with Gasteiger partial charge >= 0.3 is 0 Å². The van der Waals surface area contributed by atoms with Crippen molar-refractivity contribution < 1.29 is 13.2 Å². The van der Waals surface area contributed by atoms with Crippen molar-refractivity contribution >= 4 is 33.0 Å². The number of hydrogen-bond donors (Lipinski definition) is 0. The summed E-state index contributed by atoms with van der Waals surface area (Å²) in [7, 11) is -3.18. The standard InChI is InChI=1S/C21H23ClN2O3S/c22-17-9-4-10-18(12-17)24-20-15-28(26,27)14-19(20)23(13-21(24)25)11-5-8-16-6-2-1-3-7-16/h1-4,6-7,9-10,12,19-20H,5,8,11,13-15H2/t19-,20+/m1/s1. The molecule has 2 aromatic carbocycles. The van der Waals surface area contributed by atoms with Crippen LogP contribution >= 0.6 is 11.6 Å². The highest BCUT2D eigenvalue weighted by Gasteiger charge is 2.49. The Labute approximate surface area is 170 Å². The molecule has 0 radical (unpaired) electrons. The first-order valence-electron chi connectivity index (χ1n) is 9.49. The molecule has 1 amide bonds. The van der Waals surface area contributed by atoms with Crippen molar-refractivity contribution in [3.05, 3.63) is 65.2 Å². The van der Waals surface area contributed by atoms with Gasteiger partial charge in [-0.05, 0) is 43.1 Å². The Morgan fingerprint density at radius 2 is 1.75 bits per heavy atom. The van der Waals surface area contributed by atoms with E-state index in [-0.39, 0.29) is 36.0 Å². The van der Waals surface area contributed by atoms with Gasteiger partial charge in [0.15, 0.2) is 9.84 Å². The summed E-state index contributed by atoms with van der Waals surface area (Å²) in [6, 6.07) is 16.8. The van der Waals surface area contributed by atoms with Crippen LogP contribution < -0.4 is 4.90 Å². The first-order valence-corrected chi connectivity index (χ1v) is 11.7. The molecule has 0 N–H and O–H groups in total. The van der Waals surface area contributed by atoms with Crippen LogP contribution in [0.5, 0.6) is 0 Å². The zero-order valence-corrected chi connectivity index (χ0v) is 17.1. The molecule has 28 heavy (non-hydrogen) atoms. The van der Waals surface area contributed by atoms with Crippen LogP contribution in [0.4, 0.5) is 5.69 Å². The SMILES string of the molecule is O=C1CN(CCCc2ccccc2)[C@@H]2CS(=O)(=O)C[C@@H]2N1c1cccc(Cl)c1. The van der Waals surface area contributed by atoms with Gasteiger partial charge in [0.05, 0.1) is 24.1 Å². The molecule has 148 valence electrons. The molecule has 0 spiro atoms. The summed E-state index contributed by atoms with van der Waals surface area (Å²) in [4.78, 5) is 16.7. The number of amides is 1. The molecule has 2 heterocycles. The van der Waals surface area contributed by atoms with Gasteiger partial charge in [-0.2, -0.15) is 0 Å². The first-order chi connectivity index (χ1) is 13.4. The molecule has 0 unspecified atom stereocenters. The van der Waals surface area contributed by atoms with E-state index in [0.717, 1.165) is 12.8 Å². The van der Waals surface area contributed by atoms with Crippen LogP contribution in [0.2, 0.25) is 5.02 Å². The molecule has 2 atom stereocenters. The predicted octanol–water partition coefficient (Wildman–Crippen LogP) is 2.79. The smallest absolute Gasteiger partial charge is 0.241 e. The van der Waals surface area contributed by atoms with E-state index in [4.69, 9.17) is 11.6 Å². The summed E-state index contributed by atoms with van der Waals surface area (Å²) in [6.07, 6.45) is 1.80. The van der Waals surface area contributed by atoms with E-state index in [1.54, 1.807) is 23.1 Å². The minimum atomic E-state index is -3.18. The second kappa shape index (κ2) is 7.85. The van der Waals surface area contributed by atoms with E-state index in [0.29, 0.717) is 17.3 Å². The summed E-state index contributed by atoms with van der Waals surface area (Å²) < 4.78 is 24.8. The molecule has 0 bridgehead atoms. The van der Waals surface area contributed by atoms with Gasteiger partial charge in [-0.1, -0.05) is 48.0 Å². The molecule has 2 aliphatic rings. The summed E-state index contributed by atoms with van der Waals surface area (Å²) in [5, 5.41) is 0.535. The van der Waals surface area contributed by atoms with E-state index in [1.807, 2.05) is 24.3 Å². The molecule has 0 aliphatic carbocycles. The second-order valence-corrected chi connectivity index (χ2v) is 10.1. The monoisotopic (exact) mass is 418 g/mol. The topological polar surface area (TPSA) is 57.7 Å². The largest absolute Gasteiger partial charge is 0.306 e. The Bertz CT molecular complexity index is 965. The lowest BCUT2D eigenvalue weighted by molar-refractivity contribution is -0.123. The highest BCUT2D eigenvalue weighted by atomic mass is 35.5. The van der Waals surface area contributed by atoms with Gasteiger partial charge in [-0.15, -0.1) is 0 Å². The van der Waals surface area contributed by atoms with E-state index in [1.165, 1.54) is 5.56 Å². The number of rotatable bonds is 5. The fourth-order valence-corrected chi connectivity index (χ4v) is 6.46. The van der Waals surface area contributed by atoms with E-state index < -0.39 is 9.84 Å². The third kappa shape index (κ3) is 4.09. The van der Waals surface area contributed by atoms with Crippen LogP contribution in [0.1, 0.15) is 12.0 Å². The molecule has 2 fully saturated rings. The normalized spacial score (nSPS) is 24.3. The highest BCUT2D eigenvalue weighted by Crippen LogP contribution is 2.32. The van der Waals surface area contributed by atoms with Crippen molar-refractivity contribution in [1.82, 2.24) is 4.90 Å². The highest BCUT2D eigenvalue weighted by molar-refractivity contribution is 7.91. The Kier molecular flexibility index (Phi) is 5.45. The number of hydrogen-bond acceptors (Lipinski definition) is 4. The van der Waals surface area contributed by atoms with Crippen LogP contribution in [0.15, 0.2) is 54.6 Å². The number of piperazine rings is 1. The van der Waals surface area contributed by atoms with Crippen LogP contribution in [-0.2, 0) is 21.1 Å². The molecule has 5 nitrogen and oxygen atoms in total. The van der Waals surface area contributed by atoms with Crippen molar-refractivity contribution in [2.45, 2.75) is 24.9 Å². The molecular formula is C21H23ClN2O3S. The lowest BCUT2D eigenvalue weighted by atomic mass is 10.0. The maximum Gasteiger partial charge on any atom is 0.241 e. The summed E-state index contributed by atoms with van der Waals surface area (Å²) in [6.45, 7) is 0.943. The van der Waals surface area contributed by atoms with E-state index in [2.05, 4.69) is 17.0 Å². The van der Waals surface area contributed by atoms with Crippen LogP contribution in [-0.4, -0.2) is 55.9 Å². The minimum Gasteiger partial charge on any atom is -0.306 e. The van der Waals surface area contributed by atoms with Gasteiger partial charge in [0.2, 0.25) is 5.91 Å².